The molecular weight excluding hydrogens is 218 g/mol. The number of carbonyl (C=O) groups is 2. The zero-order valence-corrected chi connectivity index (χ0v) is 9.57. The summed E-state index contributed by atoms with van der Waals surface area (Å²) in [6, 6.07) is 6.29. The van der Waals surface area contributed by atoms with Crippen molar-refractivity contribution in [1.82, 2.24) is 0 Å². The minimum atomic E-state index is -0.621. The van der Waals surface area contributed by atoms with Gasteiger partial charge in [0, 0.05) is 17.3 Å². The van der Waals surface area contributed by atoms with E-state index in [1.807, 2.05) is 0 Å². The lowest BCUT2D eigenvalue weighted by molar-refractivity contribution is -0.117. The third-order valence-corrected chi connectivity index (χ3v) is 2.84. The Morgan fingerprint density at radius 3 is 2.41 bits per heavy atom. The first-order valence-corrected chi connectivity index (χ1v) is 5.53. The Morgan fingerprint density at radius 2 is 1.88 bits per heavy atom. The first kappa shape index (κ1) is 11.4. The van der Waals surface area contributed by atoms with Crippen molar-refractivity contribution in [2.75, 3.05) is 10.6 Å². The smallest absolute Gasteiger partial charge is 0.316 e. The van der Waals surface area contributed by atoms with Crippen LogP contribution in [0.5, 0.6) is 0 Å². The molecule has 0 unspecified atom stereocenters. The van der Waals surface area contributed by atoms with E-state index >= 15 is 0 Å². The van der Waals surface area contributed by atoms with Crippen LogP contribution in [0.3, 0.4) is 0 Å². The molecule has 3 amide bonds. The van der Waals surface area contributed by atoms with E-state index in [2.05, 4.69) is 17.6 Å². The maximum absolute atomic E-state index is 11.7. The van der Waals surface area contributed by atoms with Crippen LogP contribution in [0.4, 0.5) is 16.2 Å². The fourth-order valence-electron chi connectivity index (χ4n) is 1.74. The van der Waals surface area contributed by atoms with Crippen molar-refractivity contribution in [3.8, 4) is 0 Å². The van der Waals surface area contributed by atoms with Gasteiger partial charge in [0.1, 0.15) is 0 Å². The van der Waals surface area contributed by atoms with Gasteiger partial charge in [-0.1, -0.05) is 13.0 Å². The van der Waals surface area contributed by atoms with Gasteiger partial charge >= 0.3 is 6.03 Å². The molecular formula is C12H15N3O2. The molecule has 0 aromatic heterocycles. The number of anilines is 2. The summed E-state index contributed by atoms with van der Waals surface area (Å²) in [4.78, 5) is 22.4. The highest BCUT2D eigenvalue weighted by Crippen LogP contribution is 2.38. The van der Waals surface area contributed by atoms with Crippen LogP contribution < -0.4 is 16.4 Å². The molecule has 0 radical (unpaired) electrons. The van der Waals surface area contributed by atoms with Gasteiger partial charge in [-0.15, -0.1) is 0 Å². The molecule has 4 N–H and O–H groups in total. The highest BCUT2D eigenvalue weighted by Gasteiger charge is 2.39. The van der Waals surface area contributed by atoms with E-state index in [-0.39, 0.29) is 11.8 Å². The second kappa shape index (κ2) is 4.45. The van der Waals surface area contributed by atoms with Crippen LogP contribution >= 0.6 is 0 Å². The van der Waals surface area contributed by atoms with Crippen LogP contribution in [0.25, 0.3) is 0 Å². The van der Waals surface area contributed by atoms with Gasteiger partial charge in [0.15, 0.2) is 0 Å². The predicted octanol–water partition coefficient (Wildman–Crippen LogP) is 1.77. The molecule has 2 rings (SSSR count). The molecule has 90 valence electrons. The van der Waals surface area contributed by atoms with Gasteiger partial charge in [-0.3, -0.25) is 4.79 Å². The molecule has 2 atom stereocenters. The Kier molecular flexibility index (Phi) is 2.99. The molecule has 0 heterocycles. The lowest BCUT2D eigenvalue weighted by atomic mass is 10.2. The molecule has 5 nitrogen and oxygen atoms in total. The van der Waals surface area contributed by atoms with Crippen molar-refractivity contribution in [2.45, 2.75) is 13.3 Å². The summed E-state index contributed by atoms with van der Waals surface area (Å²) in [7, 11) is 0. The van der Waals surface area contributed by atoms with E-state index in [0.29, 0.717) is 17.3 Å². The van der Waals surface area contributed by atoms with Crippen molar-refractivity contribution >= 4 is 23.3 Å². The molecule has 1 aliphatic carbocycles. The van der Waals surface area contributed by atoms with E-state index < -0.39 is 6.03 Å². The monoisotopic (exact) mass is 233 g/mol. The standard InChI is InChI=1S/C12H15N3O2/c1-7-5-10(7)11(16)14-8-3-2-4-9(6-8)15-12(13)17/h2-4,6-7,10H,5H2,1H3,(H,14,16)(H3,13,15,17)/t7-,10-/m1/s1. The topological polar surface area (TPSA) is 84.2 Å². The lowest BCUT2D eigenvalue weighted by Gasteiger charge is -2.07. The minimum Gasteiger partial charge on any atom is -0.351 e. The second-order valence-corrected chi connectivity index (χ2v) is 4.38. The van der Waals surface area contributed by atoms with Crippen LogP contribution in [0, 0.1) is 11.8 Å². The Bertz CT molecular complexity index is 459. The highest BCUT2D eigenvalue weighted by atomic mass is 16.2. The average Bonchev–Trinajstić information content (AvgIpc) is 2.95. The van der Waals surface area contributed by atoms with Gasteiger partial charge in [0.2, 0.25) is 5.91 Å². The number of rotatable bonds is 3. The number of benzene rings is 1. The predicted molar refractivity (Wildman–Crippen MR) is 65.5 cm³/mol. The van der Waals surface area contributed by atoms with Gasteiger partial charge in [-0.05, 0) is 30.5 Å². The zero-order valence-electron chi connectivity index (χ0n) is 9.57. The molecule has 1 fully saturated rings. The molecule has 5 heteroatoms. The number of primary amides is 1. The summed E-state index contributed by atoms with van der Waals surface area (Å²) in [6.45, 7) is 2.05. The zero-order chi connectivity index (χ0) is 12.4. The summed E-state index contributed by atoms with van der Waals surface area (Å²) in [5.41, 5.74) is 6.25. The maximum atomic E-state index is 11.7. The van der Waals surface area contributed by atoms with Crippen molar-refractivity contribution in [3.63, 3.8) is 0 Å². The first-order valence-electron chi connectivity index (χ1n) is 5.53. The SMILES string of the molecule is C[C@@H]1C[C@H]1C(=O)Nc1cccc(NC(N)=O)c1. The molecule has 0 spiro atoms. The van der Waals surface area contributed by atoms with Crippen molar-refractivity contribution < 1.29 is 9.59 Å². The van der Waals surface area contributed by atoms with Crippen molar-refractivity contribution in [2.24, 2.45) is 17.6 Å². The summed E-state index contributed by atoms with van der Waals surface area (Å²) >= 11 is 0. The molecule has 0 bridgehead atoms. The average molecular weight is 233 g/mol. The molecule has 17 heavy (non-hydrogen) atoms. The van der Waals surface area contributed by atoms with Crippen LogP contribution in [0.1, 0.15) is 13.3 Å². The van der Waals surface area contributed by atoms with E-state index in [1.165, 1.54) is 0 Å². The van der Waals surface area contributed by atoms with E-state index in [4.69, 9.17) is 5.73 Å². The Hall–Kier alpha value is -2.04. The molecule has 1 aromatic carbocycles. The molecule has 0 aliphatic heterocycles. The first-order chi connectivity index (χ1) is 8.06. The molecule has 1 saturated carbocycles. The maximum Gasteiger partial charge on any atom is 0.316 e. The van der Waals surface area contributed by atoms with Crippen molar-refractivity contribution in [1.29, 1.82) is 0 Å². The number of amides is 3. The van der Waals surface area contributed by atoms with Crippen LogP contribution in [0.2, 0.25) is 0 Å². The quantitative estimate of drug-likeness (QED) is 0.743. The van der Waals surface area contributed by atoms with Gasteiger partial charge < -0.3 is 16.4 Å². The van der Waals surface area contributed by atoms with E-state index in [9.17, 15) is 9.59 Å². The Morgan fingerprint density at radius 1 is 1.29 bits per heavy atom. The molecule has 1 aromatic rings. The van der Waals surface area contributed by atoms with Gasteiger partial charge in [0.25, 0.3) is 0 Å². The minimum absolute atomic E-state index is 0.0359. The number of urea groups is 1. The largest absolute Gasteiger partial charge is 0.351 e. The number of hydrogen-bond acceptors (Lipinski definition) is 2. The lowest BCUT2D eigenvalue weighted by Crippen LogP contribution is -2.19. The second-order valence-electron chi connectivity index (χ2n) is 4.38. The number of nitrogens with two attached hydrogens (primary N) is 1. The summed E-state index contributed by atoms with van der Waals surface area (Å²) in [5.74, 6) is 0.637. The normalized spacial score (nSPS) is 21.7. The highest BCUT2D eigenvalue weighted by molar-refractivity contribution is 5.95. The van der Waals surface area contributed by atoms with Gasteiger partial charge in [-0.2, -0.15) is 0 Å². The fourth-order valence-corrected chi connectivity index (χ4v) is 1.74. The summed E-state index contributed by atoms with van der Waals surface area (Å²) < 4.78 is 0. The van der Waals surface area contributed by atoms with Gasteiger partial charge in [0.05, 0.1) is 0 Å². The summed E-state index contributed by atoms with van der Waals surface area (Å²) in [5, 5.41) is 5.28. The number of carbonyl (C=O) groups excluding carboxylic acids is 2. The number of hydrogen-bond donors (Lipinski definition) is 3. The van der Waals surface area contributed by atoms with Crippen molar-refractivity contribution in [3.05, 3.63) is 24.3 Å². The van der Waals surface area contributed by atoms with Gasteiger partial charge in [-0.25, -0.2) is 4.79 Å². The van der Waals surface area contributed by atoms with E-state index in [0.717, 1.165) is 6.42 Å². The Labute approximate surface area is 99.4 Å². The van der Waals surface area contributed by atoms with E-state index in [1.54, 1.807) is 24.3 Å². The van der Waals surface area contributed by atoms with Crippen LogP contribution in [0.15, 0.2) is 24.3 Å². The number of nitrogens with one attached hydrogen (secondary N) is 2. The Balaban J connectivity index is 2.00. The summed E-state index contributed by atoms with van der Waals surface area (Å²) in [6.07, 6.45) is 0.949. The third-order valence-electron chi connectivity index (χ3n) is 2.84. The fraction of sp³-hybridized carbons (Fsp3) is 0.333. The third kappa shape index (κ3) is 2.96. The molecule has 1 aliphatic rings. The molecule has 0 saturated heterocycles. The van der Waals surface area contributed by atoms with Crippen LogP contribution in [-0.4, -0.2) is 11.9 Å². The van der Waals surface area contributed by atoms with Crippen LogP contribution in [-0.2, 0) is 4.79 Å².